The number of anilines is 2. The lowest BCUT2D eigenvalue weighted by atomic mass is 9.95. The van der Waals surface area contributed by atoms with Crippen LogP contribution in [0.5, 0.6) is 0 Å². The molecule has 0 aliphatic carbocycles. The molecule has 2 amide bonds. The van der Waals surface area contributed by atoms with Gasteiger partial charge in [-0.1, -0.05) is 26.8 Å². The smallest absolute Gasteiger partial charge is 0.348 e. The molecular weight excluding hydrogens is 364 g/mol. The Balaban J connectivity index is 2.13. The zero-order valence-electron chi connectivity index (χ0n) is 16.1. The molecule has 1 aromatic heterocycles. The van der Waals surface area contributed by atoms with Gasteiger partial charge in [-0.2, -0.15) is 0 Å². The predicted molar refractivity (Wildman–Crippen MR) is 107 cm³/mol. The van der Waals surface area contributed by atoms with Gasteiger partial charge < -0.3 is 15.4 Å². The number of ether oxygens (including phenoxy) is 1. The first kappa shape index (κ1) is 20.6. The van der Waals surface area contributed by atoms with Gasteiger partial charge in [0.1, 0.15) is 4.88 Å². The Hall–Kier alpha value is -2.67. The molecule has 2 N–H and O–H groups in total. The second-order valence-electron chi connectivity index (χ2n) is 7.08. The van der Waals surface area contributed by atoms with Gasteiger partial charge in [0.15, 0.2) is 0 Å². The summed E-state index contributed by atoms with van der Waals surface area (Å²) in [7, 11) is 0. The largest absolute Gasteiger partial charge is 0.462 e. The van der Waals surface area contributed by atoms with Crippen molar-refractivity contribution in [1.82, 2.24) is 0 Å². The van der Waals surface area contributed by atoms with Crippen molar-refractivity contribution in [2.45, 2.75) is 34.6 Å². The minimum absolute atomic E-state index is 0.131. The third-order valence-corrected chi connectivity index (χ3v) is 4.81. The summed E-state index contributed by atoms with van der Waals surface area (Å²) in [6.07, 6.45) is 0. The summed E-state index contributed by atoms with van der Waals surface area (Å²) in [6.45, 7) is 9.29. The normalized spacial score (nSPS) is 11.0. The van der Waals surface area contributed by atoms with Crippen LogP contribution in [-0.2, 0) is 9.53 Å². The first-order valence-electron chi connectivity index (χ1n) is 8.62. The van der Waals surface area contributed by atoms with Crippen LogP contribution in [0.4, 0.5) is 10.7 Å². The SMILES string of the molecule is CCOC(=O)c1sc(NC(=O)c2cccc(NC(=O)C(C)(C)C)c2)cc1C. The third-order valence-electron chi connectivity index (χ3n) is 3.68. The minimum atomic E-state index is -0.531. The van der Waals surface area contributed by atoms with Crippen LogP contribution in [-0.4, -0.2) is 24.4 Å². The zero-order valence-corrected chi connectivity index (χ0v) is 17.0. The Kier molecular flexibility index (Phi) is 6.38. The van der Waals surface area contributed by atoms with Gasteiger partial charge in [-0.15, -0.1) is 11.3 Å². The summed E-state index contributed by atoms with van der Waals surface area (Å²) in [5.41, 5.74) is 1.18. The molecule has 0 bridgehead atoms. The van der Waals surface area contributed by atoms with E-state index in [2.05, 4.69) is 10.6 Å². The van der Waals surface area contributed by atoms with Crippen molar-refractivity contribution in [3.63, 3.8) is 0 Å². The summed E-state index contributed by atoms with van der Waals surface area (Å²) in [6, 6.07) is 8.45. The van der Waals surface area contributed by atoms with E-state index in [1.165, 1.54) is 11.3 Å². The van der Waals surface area contributed by atoms with Gasteiger partial charge in [-0.3, -0.25) is 9.59 Å². The van der Waals surface area contributed by atoms with E-state index in [1.807, 2.05) is 20.8 Å². The van der Waals surface area contributed by atoms with E-state index in [9.17, 15) is 14.4 Å². The average molecular weight is 388 g/mol. The van der Waals surface area contributed by atoms with Gasteiger partial charge in [0.2, 0.25) is 5.91 Å². The van der Waals surface area contributed by atoms with Gasteiger partial charge in [-0.05, 0) is 43.7 Å². The van der Waals surface area contributed by atoms with Crippen LogP contribution in [0, 0.1) is 12.3 Å². The summed E-state index contributed by atoms with van der Waals surface area (Å²) in [5.74, 6) is -0.848. The van der Waals surface area contributed by atoms with Crippen molar-refractivity contribution in [2.24, 2.45) is 5.41 Å². The highest BCUT2D eigenvalue weighted by Gasteiger charge is 2.21. The maximum atomic E-state index is 12.5. The molecule has 27 heavy (non-hydrogen) atoms. The molecule has 0 saturated carbocycles. The van der Waals surface area contributed by atoms with Crippen molar-refractivity contribution in [3.05, 3.63) is 46.3 Å². The molecule has 1 heterocycles. The Morgan fingerprint density at radius 2 is 1.81 bits per heavy atom. The Morgan fingerprint density at radius 1 is 1.11 bits per heavy atom. The van der Waals surface area contributed by atoms with Crippen molar-refractivity contribution >= 4 is 39.8 Å². The molecule has 0 unspecified atom stereocenters. The molecule has 0 aliphatic rings. The Morgan fingerprint density at radius 3 is 2.44 bits per heavy atom. The van der Waals surface area contributed by atoms with Gasteiger partial charge in [0, 0.05) is 16.7 Å². The van der Waals surface area contributed by atoms with E-state index in [4.69, 9.17) is 4.74 Å². The molecule has 7 heteroatoms. The monoisotopic (exact) mass is 388 g/mol. The number of aryl methyl sites for hydroxylation is 1. The first-order valence-corrected chi connectivity index (χ1v) is 9.44. The van der Waals surface area contributed by atoms with E-state index in [0.717, 1.165) is 5.56 Å². The Bertz CT molecular complexity index is 865. The second-order valence-corrected chi connectivity index (χ2v) is 8.13. The molecule has 2 rings (SSSR count). The lowest BCUT2D eigenvalue weighted by Gasteiger charge is -2.17. The van der Waals surface area contributed by atoms with Crippen molar-refractivity contribution in [3.8, 4) is 0 Å². The summed E-state index contributed by atoms with van der Waals surface area (Å²) < 4.78 is 5.01. The number of rotatable bonds is 5. The van der Waals surface area contributed by atoms with Crippen LogP contribution in [0.1, 0.15) is 53.3 Å². The highest BCUT2D eigenvalue weighted by molar-refractivity contribution is 7.18. The van der Waals surface area contributed by atoms with E-state index < -0.39 is 11.4 Å². The molecule has 0 spiro atoms. The number of esters is 1. The molecule has 2 aromatic rings. The number of nitrogens with one attached hydrogen (secondary N) is 2. The quantitative estimate of drug-likeness (QED) is 0.740. The van der Waals surface area contributed by atoms with Crippen molar-refractivity contribution in [1.29, 1.82) is 0 Å². The van der Waals surface area contributed by atoms with Crippen LogP contribution in [0.3, 0.4) is 0 Å². The van der Waals surface area contributed by atoms with Gasteiger partial charge in [0.25, 0.3) is 5.91 Å². The predicted octanol–water partition coefficient (Wildman–Crippen LogP) is 4.47. The fourth-order valence-electron chi connectivity index (χ4n) is 2.18. The highest BCUT2D eigenvalue weighted by atomic mass is 32.1. The number of hydrogen-bond donors (Lipinski definition) is 2. The summed E-state index contributed by atoms with van der Waals surface area (Å²) in [4.78, 5) is 37.0. The van der Waals surface area contributed by atoms with E-state index in [-0.39, 0.29) is 11.8 Å². The number of benzene rings is 1. The van der Waals surface area contributed by atoms with Gasteiger partial charge in [0.05, 0.1) is 11.6 Å². The summed E-state index contributed by atoms with van der Waals surface area (Å²) >= 11 is 1.17. The third kappa shape index (κ3) is 5.40. The fraction of sp³-hybridized carbons (Fsp3) is 0.350. The number of hydrogen-bond acceptors (Lipinski definition) is 5. The van der Waals surface area contributed by atoms with E-state index >= 15 is 0 Å². The van der Waals surface area contributed by atoms with Gasteiger partial charge in [-0.25, -0.2) is 4.79 Å². The lowest BCUT2D eigenvalue weighted by molar-refractivity contribution is -0.123. The molecule has 6 nitrogen and oxygen atoms in total. The highest BCUT2D eigenvalue weighted by Crippen LogP contribution is 2.28. The number of thiophene rings is 1. The average Bonchev–Trinajstić information content (AvgIpc) is 2.95. The molecular formula is C20H24N2O4S. The fourth-order valence-corrected chi connectivity index (χ4v) is 3.15. The van der Waals surface area contributed by atoms with Crippen LogP contribution < -0.4 is 10.6 Å². The van der Waals surface area contributed by atoms with Crippen LogP contribution in [0.25, 0.3) is 0 Å². The Labute approximate surface area is 162 Å². The molecule has 0 radical (unpaired) electrons. The number of carbonyl (C=O) groups excluding carboxylic acids is 3. The molecule has 0 atom stereocenters. The maximum Gasteiger partial charge on any atom is 0.348 e. The van der Waals surface area contributed by atoms with Crippen LogP contribution >= 0.6 is 11.3 Å². The minimum Gasteiger partial charge on any atom is -0.462 e. The van der Waals surface area contributed by atoms with Gasteiger partial charge >= 0.3 is 5.97 Å². The van der Waals surface area contributed by atoms with Crippen LogP contribution in [0.15, 0.2) is 30.3 Å². The topological polar surface area (TPSA) is 84.5 Å². The van der Waals surface area contributed by atoms with E-state index in [1.54, 1.807) is 44.2 Å². The maximum absolute atomic E-state index is 12.5. The lowest BCUT2D eigenvalue weighted by Crippen LogP contribution is -2.27. The number of amides is 2. The van der Waals surface area contributed by atoms with E-state index in [0.29, 0.717) is 27.7 Å². The summed E-state index contributed by atoms with van der Waals surface area (Å²) in [5, 5.41) is 6.15. The first-order chi connectivity index (χ1) is 12.6. The standard InChI is InChI=1S/C20H24N2O4S/c1-6-26-18(24)16-12(2)10-15(27-16)22-17(23)13-8-7-9-14(11-13)21-19(25)20(3,4)5/h7-11H,6H2,1-5H3,(H,21,25)(H,22,23). The molecule has 0 aliphatic heterocycles. The zero-order chi connectivity index (χ0) is 20.2. The molecule has 144 valence electrons. The number of carbonyl (C=O) groups is 3. The van der Waals surface area contributed by atoms with Crippen LogP contribution in [0.2, 0.25) is 0 Å². The second kappa shape index (κ2) is 8.35. The molecule has 1 aromatic carbocycles. The molecule has 0 fully saturated rings. The van der Waals surface area contributed by atoms with Crippen molar-refractivity contribution < 1.29 is 19.1 Å². The van der Waals surface area contributed by atoms with Crippen molar-refractivity contribution in [2.75, 3.05) is 17.2 Å². The molecule has 0 saturated heterocycles.